The quantitative estimate of drug-likeness (QED) is 0.741. The fraction of sp³-hybridized carbons (Fsp3) is 0.652. The molecule has 2 fully saturated rings. The Morgan fingerprint density at radius 3 is 2.82 bits per heavy atom. The molecule has 2 unspecified atom stereocenters. The molecule has 1 aromatic carbocycles. The van der Waals surface area contributed by atoms with Gasteiger partial charge in [-0.2, -0.15) is 0 Å². The van der Waals surface area contributed by atoms with Gasteiger partial charge in [0, 0.05) is 32.0 Å². The number of hydrogen-bond donors (Lipinski definition) is 1. The second kappa shape index (κ2) is 10.5. The molecule has 1 saturated carbocycles. The van der Waals surface area contributed by atoms with Crippen molar-refractivity contribution in [3.63, 3.8) is 0 Å². The van der Waals surface area contributed by atoms with Crippen LogP contribution in [-0.2, 0) is 16.0 Å². The van der Waals surface area contributed by atoms with Crippen LogP contribution < -0.4 is 10.1 Å². The van der Waals surface area contributed by atoms with Crippen LogP contribution in [0, 0.1) is 5.92 Å². The molecule has 1 aliphatic carbocycles. The first-order valence-electron chi connectivity index (χ1n) is 10.9. The lowest BCUT2D eigenvalue weighted by Gasteiger charge is -2.44. The largest absolute Gasteiger partial charge is 0.497 e. The molecule has 1 N–H and O–H groups in total. The predicted molar refractivity (Wildman–Crippen MR) is 110 cm³/mol. The zero-order valence-corrected chi connectivity index (χ0v) is 17.1. The highest BCUT2D eigenvalue weighted by atomic mass is 16.5. The molecule has 1 aromatic rings. The molecule has 0 radical (unpaired) electrons. The molecule has 28 heavy (non-hydrogen) atoms. The van der Waals surface area contributed by atoms with E-state index in [1.54, 1.807) is 7.11 Å². The summed E-state index contributed by atoms with van der Waals surface area (Å²) in [6.07, 6.45) is 9.77. The van der Waals surface area contributed by atoms with E-state index < -0.39 is 0 Å². The topological polar surface area (TPSA) is 58.6 Å². The maximum absolute atomic E-state index is 12.7. The smallest absolute Gasteiger partial charge is 0.222 e. The minimum absolute atomic E-state index is 0.0323. The van der Waals surface area contributed by atoms with Gasteiger partial charge in [0.25, 0.3) is 0 Å². The van der Waals surface area contributed by atoms with Crippen LogP contribution in [0.4, 0.5) is 0 Å². The number of carbonyl (C=O) groups excluding carboxylic acids is 2. The van der Waals surface area contributed by atoms with Gasteiger partial charge in [-0.15, -0.1) is 0 Å². The van der Waals surface area contributed by atoms with E-state index in [-0.39, 0.29) is 11.8 Å². The van der Waals surface area contributed by atoms with Gasteiger partial charge in [-0.05, 0) is 62.1 Å². The number of piperidine rings is 1. The van der Waals surface area contributed by atoms with Crippen molar-refractivity contribution in [3.8, 4) is 5.75 Å². The maximum Gasteiger partial charge on any atom is 0.222 e. The highest BCUT2D eigenvalue weighted by molar-refractivity contribution is 5.79. The molecule has 154 valence electrons. The van der Waals surface area contributed by atoms with E-state index in [1.165, 1.54) is 32.1 Å². The molecule has 2 aliphatic rings. The summed E-state index contributed by atoms with van der Waals surface area (Å²) in [7, 11) is 1.65. The first-order chi connectivity index (χ1) is 13.7. The Kier molecular flexibility index (Phi) is 7.75. The number of amides is 2. The molecule has 2 atom stereocenters. The summed E-state index contributed by atoms with van der Waals surface area (Å²) in [6.45, 7) is 1.52. The Balaban J connectivity index is 1.33. The van der Waals surface area contributed by atoms with Crippen LogP contribution in [0.15, 0.2) is 24.3 Å². The molecule has 1 heterocycles. The molecule has 5 nitrogen and oxygen atoms in total. The van der Waals surface area contributed by atoms with Crippen LogP contribution in [0.2, 0.25) is 0 Å². The van der Waals surface area contributed by atoms with E-state index in [2.05, 4.69) is 10.2 Å². The number of ether oxygens (including phenoxy) is 1. The zero-order chi connectivity index (χ0) is 19.8. The summed E-state index contributed by atoms with van der Waals surface area (Å²) < 4.78 is 5.22. The van der Waals surface area contributed by atoms with Crippen molar-refractivity contribution in [1.82, 2.24) is 10.2 Å². The second-order valence-corrected chi connectivity index (χ2v) is 8.15. The lowest BCUT2D eigenvalue weighted by molar-refractivity contribution is -0.137. The van der Waals surface area contributed by atoms with Crippen molar-refractivity contribution < 1.29 is 14.3 Å². The van der Waals surface area contributed by atoms with Crippen LogP contribution in [-0.4, -0.2) is 43.0 Å². The fourth-order valence-corrected chi connectivity index (χ4v) is 4.74. The average molecular weight is 387 g/mol. The van der Waals surface area contributed by atoms with Crippen molar-refractivity contribution in [3.05, 3.63) is 29.8 Å². The molecule has 1 saturated heterocycles. The number of hydrogen-bond acceptors (Lipinski definition) is 3. The minimum Gasteiger partial charge on any atom is -0.497 e. The SMILES string of the molecule is COc1cccc(CCNC(=O)CCCC(=O)N2CCCC3CCCCC32)c1. The van der Waals surface area contributed by atoms with Crippen molar-refractivity contribution in [1.29, 1.82) is 0 Å². The van der Waals surface area contributed by atoms with Crippen LogP contribution in [0.1, 0.15) is 63.4 Å². The van der Waals surface area contributed by atoms with E-state index >= 15 is 0 Å². The van der Waals surface area contributed by atoms with Gasteiger partial charge in [-0.3, -0.25) is 9.59 Å². The summed E-state index contributed by atoms with van der Waals surface area (Å²) in [5.41, 5.74) is 1.14. The van der Waals surface area contributed by atoms with Gasteiger partial charge in [0.05, 0.1) is 7.11 Å². The van der Waals surface area contributed by atoms with E-state index in [4.69, 9.17) is 4.74 Å². The number of benzene rings is 1. The summed E-state index contributed by atoms with van der Waals surface area (Å²) in [6, 6.07) is 8.36. The van der Waals surface area contributed by atoms with Gasteiger partial charge in [-0.25, -0.2) is 0 Å². The Morgan fingerprint density at radius 2 is 1.96 bits per heavy atom. The van der Waals surface area contributed by atoms with Gasteiger partial charge in [0.15, 0.2) is 0 Å². The normalized spacial score (nSPS) is 21.7. The zero-order valence-electron chi connectivity index (χ0n) is 17.1. The number of fused-ring (bicyclic) bond motifs is 1. The average Bonchev–Trinajstić information content (AvgIpc) is 2.73. The summed E-state index contributed by atoms with van der Waals surface area (Å²) >= 11 is 0. The summed E-state index contributed by atoms with van der Waals surface area (Å²) in [4.78, 5) is 26.9. The molecule has 2 amide bonds. The number of nitrogens with one attached hydrogen (secondary N) is 1. The van der Waals surface area contributed by atoms with E-state index in [0.717, 1.165) is 30.7 Å². The lowest BCUT2D eigenvalue weighted by atomic mass is 9.78. The third-order valence-corrected chi connectivity index (χ3v) is 6.23. The molecule has 1 aliphatic heterocycles. The van der Waals surface area contributed by atoms with E-state index in [9.17, 15) is 9.59 Å². The van der Waals surface area contributed by atoms with Crippen LogP contribution in [0.3, 0.4) is 0 Å². The lowest BCUT2D eigenvalue weighted by Crippen LogP contribution is -2.49. The molecular formula is C23H34N2O3. The fourth-order valence-electron chi connectivity index (χ4n) is 4.74. The van der Waals surface area contributed by atoms with Crippen molar-refractivity contribution in [2.75, 3.05) is 20.2 Å². The van der Waals surface area contributed by atoms with E-state index in [1.807, 2.05) is 24.3 Å². The molecule has 0 aromatic heterocycles. The first kappa shape index (κ1) is 20.7. The summed E-state index contributed by atoms with van der Waals surface area (Å²) in [5.74, 6) is 1.83. The van der Waals surface area contributed by atoms with Crippen LogP contribution in [0.25, 0.3) is 0 Å². The van der Waals surface area contributed by atoms with Crippen molar-refractivity contribution in [2.45, 2.75) is 70.3 Å². The molecule has 5 heteroatoms. The van der Waals surface area contributed by atoms with Crippen molar-refractivity contribution >= 4 is 11.8 Å². The minimum atomic E-state index is 0.0323. The van der Waals surface area contributed by atoms with Gasteiger partial charge < -0.3 is 15.0 Å². The highest BCUT2D eigenvalue weighted by Crippen LogP contribution is 2.35. The number of carbonyl (C=O) groups is 2. The molecule has 0 bridgehead atoms. The van der Waals surface area contributed by atoms with Crippen molar-refractivity contribution in [2.24, 2.45) is 5.92 Å². The van der Waals surface area contributed by atoms with Gasteiger partial charge >= 0.3 is 0 Å². The van der Waals surface area contributed by atoms with Crippen LogP contribution in [0.5, 0.6) is 5.75 Å². The van der Waals surface area contributed by atoms with E-state index in [0.29, 0.717) is 37.8 Å². The Labute approximate surface area is 168 Å². The molecular weight excluding hydrogens is 352 g/mol. The number of rotatable bonds is 8. The summed E-state index contributed by atoms with van der Waals surface area (Å²) in [5, 5.41) is 2.96. The Hall–Kier alpha value is -2.04. The number of methoxy groups -OCH3 is 1. The van der Waals surface area contributed by atoms with Gasteiger partial charge in [-0.1, -0.05) is 25.0 Å². The monoisotopic (exact) mass is 386 g/mol. The molecule has 3 rings (SSSR count). The van der Waals surface area contributed by atoms with Gasteiger partial charge in [0.2, 0.25) is 11.8 Å². The third-order valence-electron chi connectivity index (χ3n) is 6.23. The number of likely N-dealkylation sites (tertiary alicyclic amines) is 1. The maximum atomic E-state index is 12.7. The Bertz CT molecular complexity index is 659. The molecule has 0 spiro atoms. The van der Waals surface area contributed by atoms with Crippen LogP contribution >= 0.6 is 0 Å². The first-order valence-corrected chi connectivity index (χ1v) is 10.9. The highest BCUT2D eigenvalue weighted by Gasteiger charge is 2.35. The Morgan fingerprint density at radius 1 is 1.14 bits per heavy atom. The van der Waals surface area contributed by atoms with Gasteiger partial charge in [0.1, 0.15) is 5.75 Å². The standard InChI is InChI=1S/C23H34N2O3/c1-28-20-10-4-7-18(17-20)14-15-24-22(26)12-5-13-23(27)25-16-6-9-19-8-2-3-11-21(19)25/h4,7,10,17,19,21H,2-3,5-6,8-9,11-16H2,1H3,(H,24,26). The third kappa shape index (κ3) is 5.73. The second-order valence-electron chi connectivity index (χ2n) is 8.15. The predicted octanol–water partition coefficient (Wildman–Crippen LogP) is 3.71. The number of nitrogens with zero attached hydrogens (tertiary/aromatic N) is 1.